The quantitative estimate of drug-likeness (QED) is 0.752. The molecule has 4 nitrogen and oxygen atoms in total. The number of halogens is 1. The fourth-order valence-corrected chi connectivity index (χ4v) is 1.28. The summed E-state index contributed by atoms with van der Waals surface area (Å²) in [6.45, 7) is 6.32. The molecule has 0 aliphatic carbocycles. The monoisotopic (exact) mass is 246 g/mol. The van der Waals surface area contributed by atoms with Gasteiger partial charge in [0.15, 0.2) is 0 Å². The number of hydrogen-bond acceptors (Lipinski definition) is 3. The van der Waals surface area contributed by atoms with E-state index in [4.69, 9.17) is 4.42 Å². The highest BCUT2D eigenvalue weighted by Gasteiger charge is 2.09. The zero-order chi connectivity index (χ0) is 11.1. The molecule has 1 rings (SSSR count). The van der Waals surface area contributed by atoms with Gasteiger partial charge in [-0.3, -0.25) is 4.79 Å². The van der Waals surface area contributed by atoms with Gasteiger partial charge in [0.2, 0.25) is 0 Å². The van der Waals surface area contributed by atoms with Gasteiger partial charge < -0.3 is 15.1 Å². The summed E-state index contributed by atoms with van der Waals surface area (Å²) in [6.07, 6.45) is 2.63. The molecule has 0 radical (unpaired) electrons. The van der Waals surface area contributed by atoms with Crippen molar-refractivity contribution in [3.05, 3.63) is 23.7 Å². The molecule has 0 aliphatic heterocycles. The molecule has 0 bridgehead atoms. The minimum atomic E-state index is -0.0699. The van der Waals surface area contributed by atoms with Gasteiger partial charge in [-0.1, -0.05) is 6.92 Å². The van der Waals surface area contributed by atoms with Crippen LogP contribution >= 0.6 is 12.4 Å². The third-order valence-electron chi connectivity index (χ3n) is 2.12. The molecule has 0 fully saturated rings. The molecule has 0 spiro atoms. The van der Waals surface area contributed by atoms with Crippen molar-refractivity contribution in [3.8, 4) is 0 Å². The predicted molar refractivity (Wildman–Crippen MR) is 66.2 cm³/mol. The second-order valence-corrected chi connectivity index (χ2v) is 3.40. The SMILES string of the molecule is CCCNCCNC(=O)c1ccoc1C.Cl. The summed E-state index contributed by atoms with van der Waals surface area (Å²) in [5.41, 5.74) is 0.616. The van der Waals surface area contributed by atoms with E-state index in [1.165, 1.54) is 6.26 Å². The van der Waals surface area contributed by atoms with Gasteiger partial charge in [-0.2, -0.15) is 0 Å². The lowest BCUT2D eigenvalue weighted by Gasteiger charge is -2.05. The minimum Gasteiger partial charge on any atom is -0.469 e. The van der Waals surface area contributed by atoms with Crippen molar-refractivity contribution in [1.29, 1.82) is 0 Å². The average Bonchev–Trinajstić information content (AvgIpc) is 2.64. The maximum absolute atomic E-state index is 11.6. The van der Waals surface area contributed by atoms with Gasteiger partial charge >= 0.3 is 0 Å². The van der Waals surface area contributed by atoms with E-state index in [1.54, 1.807) is 13.0 Å². The second kappa shape index (κ2) is 8.19. The molecule has 1 heterocycles. The first-order chi connectivity index (χ1) is 7.25. The van der Waals surface area contributed by atoms with E-state index in [0.717, 1.165) is 19.5 Å². The maximum Gasteiger partial charge on any atom is 0.254 e. The highest BCUT2D eigenvalue weighted by Crippen LogP contribution is 2.07. The first-order valence-electron chi connectivity index (χ1n) is 5.28. The number of aryl methyl sites for hydroxylation is 1. The predicted octanol–water partition coefficient (Wildman–Crippen LogP) is 1.74. The summed E-state index contributed by atoms with van der Waals surface area (Å²) in [5, 5.41) is 6.04. The molecular formula is C11H19ClN2O2. The van der Waals surface area contributed by atoms with E-state index in [9.17, 15) is 4.79 Å². The molecule has 0 saturated heterocycles. The summed E-state index contributed by atoms with van der Waals surface area (Å²) in [4.78, 5) is 11.6. The Balaban J connectivity index is 0.00000225. The average molecular weight is 247 g/mol. The van der Waals surface area contributed by atoms with Crippen LogP contribution in [0.3, 0.4) is 0 Å². The zero-order valence-corrected chi connectivity index (χ0v) is 10.5. The minimum absolute atomic E-state index is 0. The van der Waals surface area contributed by atoms with Crippen LogP contribution in [0.15, 0.2) is 16.7 Å². The normalized spacial score (nSPS) is 9.62. The van der Waals surface area contributed by atoms with Gasteiger partial charge in [0.05, 0.1) is 11.8 Å². The maximum atomic E-state index is 11.6. The van der Waals surface area contributed by atoms with E-state index < -0.39 is 0 Å². The number of nitrogens with one attached hydrogen (secondary N) is 2. The smallest absolute Gasteiger partial charge is 0.254 e. The van der Waals surface area contributed by atoms with Crippen LogP contribution in [0.4, 0.5) is 0 Å². The van der Waals surface area contributed by atoms with Crippen molar-refractivity contribution in [2.45, 2.75) is 20.3 Å². The van der Waals surface area contributed by atoms with Crippen molar-refractivity contribution in [1.82, 2.24) is 10.6 Å². The lowest BCUT2D eigenvalue weighted by molar-refractivity contribution is 0.0952. The molecule has 1 amide bonds. The molecule has 2 N–H and O–H groups in total. The van der Waals surface area contributed by atoms with Crippen LogP contribution in [0.5, 0.6) is 0 Å². The lowest BCUT2D eigenvalue weighted by atomic mass is 10.2. The highest BCUT2D eigenvalue weighted by molar-refractivity contribution is 5.94. The molecule has 0 unspecified atom stereocenters. The first kappa shape index (κ1) is 15.0. The van der Waals surface area contributed by atoms with Crippen LogP contribution in [0, 0.1) is 6.92 Å². The van der Waals surface area contributed by atoms with Gasteiger partial charge in [-0.05, 0) is 26.0 Å². The molecule has 5 heteroatoms. The molecule has 1 aromatic heterocycles. The molecule has 0 atom stereocenters. The Morgan fingerprint density at radius 1 is 1.38 bits per heavy atom. The number of amides is 1. The largest absolute Gasteiger partial charge is 0.469 e. The Bertz CT molecular complexity index is 313. The fraction of sp³-hybridized carbons (Fsp3) is 0.545. The summed E-state index contributed by atoms with van der Waals surface area (Å²) < 4.78 is 5.05. The van der Waals surface area contributed by atoms with Crippen molar-refractivity contribution < 1.29 is 9.21 Å². The molecule has 1 aromatic rings. The van der Waals surface area contributed by atoms with E-state index in [2.05, 4.69) is 17.6 Å². The van der Waals surface area contributed by atoms with Crippen molar-refractivity contribution in [2.24, 2.45) is 0 Å². The molecule has 0 aromatic carbocycles. The van der Waals surface area contributed by atoms with Crippen LogP contribution < -0.4 is 10.6 Å². The van der Waals surface area contributed by atoms with Gasteiger partial charge in [-0.15, -0.1) is 12.4 Å². The Morgan fingerprint density at radius 2 is 2.12 bits per heavy atom. The number of carbonyl (C=O) groups excluding carboxylic acids is 1. The Labute approximate surface area is 102 Å². The number of hydrogen-bond donors (Lipinski definition) is 2. The zero-order valence-electron chi connectivity index (χ0n) is 9.71. The Hall–Kier alpha value is -1.00. The van der Waals surface area contributed by atoms with Gasteiger partial charge in [0.25, 0.3) is 5.91 Å². The Morgan fingerprint density at radius 3 is 2.69 bits per heavy atom. The highest BCUT2D eigenvalue weighted by atomic mass is 35.5. The van der Waals surface area contributed by atoms with E-state index in [-0.39, 0.29) is 18.3 Å². The number of furan rings is 1. The summed E-state index contributed by atoms with van der Waals surface area (Å²) in [6, 6.07) is 1.68. The van der Waals surface area contributed by atoms with Crippen LogP contribution in [-0.2, 0) is 0 Å². The summed E-state index contributed by atoms with van der Waals surface area (Å²) in [7, 11) is 0. The van der Waals surface area contributed by atoms with E-state index in [0.29, 0.717) is 17.9 Å². The Kier molecular flexibility index (Phi) is 7.68. The lowest BCUT2D eigenvalue weighted by Crippen LogP contribution is -2.32. The van der Waals surface area contributed by atoms with Crippen molar-refractivity contribution in [3.63, 3.8) is 0 Å². The van der Waals surface area contributed by atoms with E-state index >= 15 is 0 Å². The van der Waals surface area contributed by atoms with Crippen LogP contribution in [0.1, 0.15) is 29.5 Å². The van der Waals surface area contributed by atoms with E-state index in [1.807, 2.05) is 0 Å². The van der Waals surface area contributed by atoms with Crippen LogP contribution in [-0.4, -0.2) is 25.5 Å². The molecule has 16 heavy (non-hydrogen) atoms. The molecule has 92 valence electrons. The number of rotatable bonds is 6. The van der Waals surface area contributed by atoms with Gasteiger partial charge in [-0.25, -0.2) is 0 Å². The first-order valence-corrected chi connectivity index (χ1v) is 5.28. The molecule has 0 saturated carbocycles. The number of carbonyl (C=O) groups is 1. The molecule has 0 aliphatic rings. The fourth-order valence-electron chi connectivity index (χ4n) is 1.28. The summed E-state index contributed by atoms with van der Waals surface area (Å²) in [5.74, 6) is 0.591. The van der Waals surface area contributed by atoms with Gasteiger partial charge in [0, 0.05) is 13.1 Å². The standard InChI is InChI=1S/C11H18N2O2.ClH/c1-3-5-12-6-7-13-11(14)10-4-8-15-9(10)2;/h4,8,12H,3,5-7H2,1-2H3,(H,13,14);1H. The van der Waals surface area contributed by atoms with Crippen LogP contribution in [0.25, 0.3) is 0 Å². The van der Waals surface area contributed by atoms with Crippen molar-refractivity contribution >= 4 is 18.3 Å². The van der Waals surface area contributed by atoms with Gasteiger partial charge in [0.1, 0.15) is 5.76 Å². The van der Waals surface area contributed by atoms with Crippen LogP contribution in [0.2, 0.25) is 0 Å². The van der Waals surface area contributed by atoms with Crippen molar-refractivity contribution in [2.75, 3.05) is 19.6 Å². The summed E-state index contributed by atoms with van der Waals surface area (Å²) >= 11 is 0. The topological polar surface area (TPSA) is 54.3 Å². The third kappa shape index (κ3) is 4.68. The molecular weight excluding hydrogens is 228 g/mol. The second-order valence-electron chi connectivity index (χ2n) is 3.40. The third-order valence-corrected chi connectivity index (χ3v) is 2.12.